The standard InChI is InChI=1S/C5H13N3O/c6-5(7)8-3-1-2-4-9/h9H,1-4H2,(H4,6,7,8). The van der Waals surface area contributed by atoms with Gasteiger partial charge in [0, 0.05) is 13.2 Å². The maximum atomic E-state index is 8.32. The second-order valence-electron chi connectivity index (χ2n) is 1.74. The summed E-state index contributed by atoms with van der Waals surface area (Å²) >= 11 is 0. The molecule has 0 heterocycles. The van der Waals surface area contributed by atoms with Gasteiger partial charge in [0.2, 0.25) is 0 Å². The quantitative estimate of drug-likeness (QED) is 0.261. The number of rotatable bonds is 4. The van der Waals surface area contributed by atoms with Gasteiger partial charge in [-0.2, -0.15) is 0 Å². The molecule has 0 atom stereocenters. The van der Waals surface area contributed by atoms with Gasteiger partial charge in [-0.05, 0) is 12.8 Å². The van der Waals surface area contributed by atoms with Crippen molar-refractivity contribution in [1.29, 1.82) is 0 Å². The lowest BCUT2D eigenvalue weighted by atomic mass is 10.3. The number of guanidine groups is 1. The molecule has 5 N–H and O–H groups in total. The average molecular weight is 131 g/mol. The Morgan fingerprint density at radius 3 is 2.44 bits per heavy atom. The van der Waals surface area contributed by atoms with Gasteiger partial charge in [-0.15, -0.1) is 0 Å². The van der Waals surface area contributed by atoms with Crippen LogP contribution in [0.5, 0.6) is 0 Å². The van der Waals surface area contributed by atoms with Gasteiger partial charge in [-0.3, -0.25) is 4.99 Å². The summed E-state index contributed by atoms with van der Waals surface area (Å²) in [5.74, 6) is 0.118. The molecule has 0 aromatic heterocycles. The van der Waals surface area contributed by atoms with Crippen molar-refractivity contribution in [2.45, 2.75) is 12.8 Å². The average Bonchev–Trinajstić information content (AvgIpc) is 1.80. The number of aliphatic hydroxyl groups is 1. The maximum Gasteiger partial charge on any atom is 0.185 e. The van der Waals surface area contributed by atoms with Crippen LogP contribution in [0.2, 0.25) is 0 Å². The van der Waals surface area contributed by atoms with Gasteiger partial charge in [-0.25, -0.2) is 0 Å². The highest BCUT2D eigenvalue weighted by Crippen LogP contribution is 1.85. The largest absolute Gasteiger partial charge is 0.396 e. The molecule has 0 aromatic carbocycles. The lowest BCUT2D eigenvalue weighted by Crippen LogP contribution is -2.22. The minimum absolute atomic E-state index is 0.118. The van der Waals surface area contributed by atoms with E-state index >= 15 is 0 Å². The Morgan fingerprint density at radius 1 is 1.33 bits per heavy atom. The summed E-state index contributed by atoms with van der Waals surface area (Å²) in [5, 5.41) is 8.32. The molecule has 0 spiro atoms. The van der Waals surface area contributed by atoms with Crippen LogP contribution in [-0.4, -0.2) is 24.2 Å². The van der Waals surface area contributed by atoms with Gasteiger partial charge in [0.05, 0.1) is 0 Å². The van der Waals surface area contributed by atoms with E-state index in [-0.39, 0.29) is 12.6 Å². The predicted molar refractivity (Wildman–Crippen MR) is 37.0 cm³/mol. The zero-order chi connectivity index (χ0) is 7.11. The molecule has 4 heteroatoms. The molecule has 9 heavy (non-hydrogen) atoms. The van der Waals surface area contributed by atoms with Crippen molar-refractivity contribution < 1.29 is 5.11 Å². The normalized spacial score (nSPS) is 9.00. The SMILES string of the molecule is NC(N)=NCCCCO. The first-order valence-corrected chi connectivity index (χ1v) is 2.93. The second-order valence-corrected chi connectivity index (χ2v) is 1.74. The molecule has 0 rings (SSSR count). The first kappa shape index (κ1) is 8.23. The fourth-order valence-corrected chi connectivity index (χ4v) is 0.432. The van der Waals surface area contributed by atoms with Crippen LogP contribution in [0.15, 0.2) is 4.99 Å². The highest BCUT2D eigenvalue weighted by Gasteiger charge is 1.83. The van der Waals surface area contributed by atoms with Crippen molar-refractivity contribution in [1.82, 2.24) is 0 Å². The highest BCUT2D eigenvalue weighted by atomic mass is 16.2. The number of aliphatic imine (C=N–C) groups is 1. The number of hydrogen-bond donors (Lipinski definition) is 3. The van der Waals surface area contributed by atoms with Crippen LogP contribution in [-0.2, 0) is 0 Å². The molecule has 0 saturated heterocycles. The fourth-order valence-electron chi connectivity index (χ4n) is 0.432. The number of nitrogens with zero attached hydrogens (tertiary/aromatic N) is 1. The van der Waals surface area contributed by atoms with Crippen LogP contribution in [0.3, 0.4) is 0 Å². The number of hydrogen-bond acceptors (Lipinski definition) is 2. The van der Waals surface area contributed by atoms with Crippen LogP contribution < -0.4 is 11.5 Å². The molecule has 0 unspecified atom stereocenters. The van der Waals surface area contributed by atoms with Gasteiger partial charge >= 0.3 is 0 Å². The van der Waals surface area contributed by atoms with E-state index in [0.29, 0.717) is 6.54 Å². The Hall–Kier alpha value is -0.770. The van der Waals surface area contributed by atoms with Gasteiger partial charge in [0.15, 0.2) is 5.96 Å². The van der Waals surface area contributed by atoms with E-state index < -0.39 is 0 Å². The monoisotopic (exact) mass is 131 g/mol. The molecular weight excluding hydrogens is 118 g/mol. The third kappa shape index (κ3) is 7.23. The molecule has 54 valence electrons. The van der Waals surface area contributed by atoms with Gasteiger partial charge < -0.3 is 16.6 Å². The van der Waals surface area contributed by atoms with E-state index in [1.54, 1.807) is 0 Å². The summed E-state index contributed by atoms with van der Waals surface area (Å²) < 4.78 is 0. The number of nitrogens with two attached hydrogens (primary N) is 2. The van der Waals surface area contributed by atoms with Crippen molar-refractivity contribution in [3.63, 3.8) is 0 Å². The molecule has 4 nitrogen and oxygen atoms in total. The van der Waals surface area contributed by atoms with E-state index in [4.69, 9.17) is 16.6 Å². The molecule has 0 amide bonds. The Bertz CT molecular complexity index is 88.2. The van der Waals surface area contributed by atoms with Crippen LogP contribution in [0.25, 0.3) is 0 Å². The summed E-state index contributed by atoms with van der Waals surface area (Å²) in [6.45, 7) is 0.822. The first-order valence-electron chi connectivity index (χ1n) is 2.93. The Kier molecular flexibility index (Phi) is 4.91. The van der Waals surface area contributed by atoms with Crippen LogP contribution in [0.1, 0.15) is 12.8 Å². The molecule has 0 aliphatic heterocycles. The highest BCUT2D eigenvalue weighted by molar-refractivity contribution is 5.75. The van der Waals surface area contributed by atoms with E-state index in [2.05, 4.69) is 4.99 Å². The zero-order valence-electron chi connectivity index (χ0n) is 5.38. The lowest BCUT2D eigenvalue weighted by Gasteiger charge is -1.92. The molecular formula is C5H13N3O. The van der Waals surface area contributed by atoms with Crippen LogP contribution >= 0.6 is 0 Å². The number of unbranched alkanes of at least 4 members (excludes halogenated alkanes) is 1. The summed E-state index contributed by atoms with van der Waals surface area (Å²) in [4.78, 5) is 3.72. The third-order valence-corrected chi connectivity index (χ3v) is 0.861. The van der Waals surface area contributed by atoms with Crippen LogP contribution in [0, 0.1) is 0 Å². The summed E-state index contributed by atoms with van der Waals surface area (Å²) in [6.07, 6.45) is 1.60. The minimum Gasteiger partial charge on any atom is -0.396 e. The summed E-state index contributed by atoms with van der Waals surface area (Å²) in [6, 6.07) is 0. The molecule has 0 bridgehead atoms. The zero-order valence-corrected chi connectivity index (χ0v) is 5.38. The van der Waals surface area contributed by atoms with Crippen molar-refractivity contribution in [2.24, 2.45) is 16.5 Å². The maximum absolute atomic E-state index is 8.32. The van der Waals surface area contributed by atoms with Gasteiger partial charge in [-0.1, -0.05) is 0 Å². The summed E-state index contributed by atoms with van der Waals surface area (Å²) in [5.41, 5.74) is 10.1. The Labute approximate surface area is 54.6 Å². The molecule has 0 aromatic rings. The molecule has 0 radical (unpaired) electrons. The third-order valence-electron chi connectivity index (χ3n) is 0.861. The van der Waals surface area contributed by atoms with Crippen molar-refractivity contribution in [3.8, 4) is 0 Å². The first-order chi connectivity index (χ1) is 4.27. The topological polar surface area (TPSA) is 84.6 Å². The fraction of sp³-hybridized carbons (Fsp3) is 0.800. The van der Waals surface area contributed by atoms with Crippen LogP contribution in [0.4, 0.5) is 0 Å². The molecule has 0 fully saturated rings. The number of aliphatic hydroxyl groups excluding tert-OH is 1. The van der Waals surface area contributed by atoms with Gasteiger partial charge in [0.1, 0.15) is 0 Å². The lowest BCUT2D eigenvalue weighted by molar-refractivity contribution is 0.285. The van der Waals surface area contributed by atoms with E-state index in [0.717, 1.165) is 12.8 Å². The molecule has 0 saturated carbocycles. The molecule has 0 aliphatic rings. The Morgan fingerprint density at radius 2 is 2.00 bits per heavy atom. The molecule has 0 aliphatic carbocycles. The van der Waals surface area contributed by atoms with E-state index in [9.17, 15) is 0 Å². The summed E-state index contributed by atoms with van der Waals surface area (Å²) in [7, 11) is 0. The van der Waals surface area contributed by atoms with Crippen molar-refractivity contribution in [2.75, 3.05) is 13.2 Å². The second kappa shape index (κ2) is 5.37. The predicted octanol–water partition coefficient (Wildman–Crippen LogP) is -0.968. The van der Waals surface area contributed by atoms with Crippen molar-refractivity contribution >= 4 is 5.96 Å². The minimum atomic E-state index is 0.118. The smallest absolute Gasteiger partial charge is 0.185 e. The van der Waals surface area contributed by atoms with Gasteiger partial charge in [0.25, 0.3) is 0 Å². The van der Waals surface area contributed by atoms with Crippen molar-refractivity contribution in [3.05, 3.63) is 0 Å². The van der Waals surface area contributed by atoms with E-state index in [1.807, 2.05) is 0 Å². The van der Waals surface area contributed by atoms with E-state index in [1.165, 1.54) is 0 Å². The Balaban J connectivity index is 3.00.